The van der Waals surface area contributed by atoms with Gasteiger partial charge in [-0.05, 0) is 23.6 Å². The van der Waals surface area contributed by atoms with Crippen LogP contribution in [0.5, 0.6) is 0 Å². The van der Waals surface area contributed by atoms with Crippen LogP contribution >= 0.6 is 0 Å². The molecule has 2 aromatic carbocycles. The molecule has 0 aliphatic carbocycles. The van der Waals surface area contributed by atoms with Crippen LogP contribution in [0.25, 0.3) is 0 Å². The molecule has 0 aromatic heterocycles. The van der Waals surface area contributed by atoms with E-state index in [-0.39, 0.29) is 18.5 Å². The first-order valence-electron chi connectivity index (χ1n) is 8.52. The molecule has 0 radical (unpaired) electrons. The van der Waals surface area contributed by atoms with Crippen molar-refractivity contribution < 1.29 is 9.59 Å². The first kappa shape index (κ1) is 17.0. The zero-order valence-electron chi connectivity index (χ0n) is 14.4. The molecule has 1 aliphatic heterocycles. The number of hydrogen-bond acceptors (Lipinski definition) is 2. The maximum atomic E-state index is 12.4. The number of nitrogens with one attached hydrogen (secondary N) is 1. The molecule has 1 heterocycles. The summed E-state index contributed by atoms with van der Waals surface area (Å²) in [4.78, 5) is 28.0. The highest BCUT2D eigenvalue weighted by Gasteiger charge is 2.29. The van der Waals surface area contributed by atoms with E-state index < -0.39 is 0 Å². The molecule has 3 rings (SSSR count). The Morgan fingerprint density at radius 2 is 1.68 bits per heavy atom. The molecule has 130 valence electrons. The predicted molar refractivity (Wildman–Crippen MR) is 96.8 cm³/mol. The minimum Gasteiger partial charge on any atom is -0.350 e. The Hall–Kier alpha value is -2.82. The van der Waals surface area contributed by atoms with E-state index in [9.17, 15) is 9.59 Å². The van der Waals surface area contributed by atoms with Gasteiger partial charge in [-0.25, -0.2) is 4.79 Å². The molecule has 5 nitrogen and oxygen atoms in total. The molecular formula is C20H23N3O2. The van der Waals surface area contributed by atoms with Gasteiger partial charge < -0.3 is 15.1 Å². The van der Waals surface area contributed by atoms with Gasteiger partial charge in [-0.2, -0.15) is 0 Å². The van der Waals surface area contributed by atoms with Crippen molar-refractivity contribution in [1.29, 1.82) is 0 Å². The lowest BCUT2D eigenvalue weighted by Gasteiger charge is -2.18. The summed E-state index contributed by atoms with van der Waals surface area (Å²) in [6.45, 7) is 4.44. The lowest BCUT2D eigenvalue weighted by Crippen LogP contribution is -2.39. The number of hydrogen-bond donors (Lipinski definition) is 1. The van der Waals surface area contributed by atoms with E-state index in [0.717, 1.165) is 16.7 Å². The molecule has 1 aliphatic rings. The highest BCUT2D eigenvalue weighted by Crippen LogP contribution is 2.13. The quantitative estimate of drug-likeness (QED) is 0.881. The summed E-state index contributed by atoms with van der Waals surface area (Å²) in [7, 11) is 0. The molecule has 3 amide bonds. The van der Waals surface area contributed by atoms with Gasteiger partial charge in [0.1, 0.15) is 6.54 Å². The summed E-state index contributed by atoms with van der Waals surface area (Å²) >= 11 is 0. The second-order valence-corrected chi connectivity index (χ2v) is 6.31. The Morgan fingerprint density at radius 1 is 1.00 bits per heavy atom. The van der Waals surface area contributed by atoms with Crippen LogP contribution in [0.1, 0.15) is 16.7 Å². The molecule has 1 fully saturated rings. The van der Waals surface area contributed by atoms with E-state index in [1.807, 2.05) is 61.5 Å². The van der Waals surface area contributed by atoms with Crippen LogP contribution in [0.2, 0.25) is 0 Å². The molecular weight excluding hydrogens is 314 g/mol. The number of benzene rings is 2. The van der Waals surface area contributed by atoms with Crippen LogP contribution in [0, 0.1) is 6.92 Å². The van der Waals surface area contributed by atoms with Crippen molar-refractivity contribution in [3.63, 3.8) is 0 Å². The van der Waals surface area contributed by atoms with Gasteiger partial charge in [-0.3, -0.25) is 4.79 Å². The maximum Gasteiger partial charge on any atom is 0.320 e. The molecule has 2 aromatic rings. The Bertz CT molecular complexity index is 746. The summed E-state index contributed by atoms with van der Waals surface area (Å²) in [6, 6.07) is 17.8. The van der Waals surface area contributed by atoms with Crippen LogP contribution in [0.15, 0.2) is 54.6 Å². The van der Waals surface area contributed by atoms with E-state index >= 15 is 0 Å². The summed E-state index contributed by atoms with van der Waals surface area (Å²) < 4.78 is 0. The predicted octanol–water partition coefficient (Wildman–Crippen LogP) is 2.55. The first-order valence-corrected chi connectivity index (χ1v) is 8.52. The minimum absolute atomic E-state index is 0.0742. The van der Waals surface area contributed by atoms with Crippen molar-refractivity contribution in [1.82, 2.24) is 15.1 Å². The van der Waals surface area contributed by atoms with Crippen molar-refractivity contribution >= 4 is 11.9 Å². The van der Waals surface area contributed by atoms with Crippen molar-refractivity contribution in [3.8, 4) is 0 Å². The van der Waals surface area contributed by atoms with Gasteiger partial charge in [0, 0.05) is 26.2 Å². The highest BCUT2D eigenvalue weighted by molar-refractivity contribution is 5.85. The molecule has 0 saturated carbocycles. The van der Waals surface area contributed by atoms with E-state index in [1.54, 1.807) is 9.80 Å². The average Bonchev–Trinajstić information content (AvgIpc) is 2.95. The fraction of sp³-hybridized carbons (Fsp3) is 0.300. The molecule has 5 heteroatoms. The average molecular weight is 337 g/mol. The van der Waals surface area contributed by atoms with Gasteiger partial charge in [0.2, 0.25) is 5.91 Å². The van der Waals surface area contributed by atoms with E-state index in [2.05, 4.69) is 5.32 Å². The Morgan fingerprint density at radius 3 is 2.44 bits per heavy atom. The maximum absolute atomic E-state index is 12.4. The highest BCUT2D eigenvalue weighted by atomic mass is 16.2. The van der Waals surface area contributed by atoms with Crippen LogP contribution in [-0.2, 0) is 17.9 Å². The van der Waals surface area contributed by atoms with Crippen LogP contribution < -0.4 is 5.32 Å². The van der Waals surface area contributed by atoms with Crippen molar-refractivity contribution in [3.05, 3.63) is 71.3 Å². The van der Waals surface area contributed by atoms with Crippen molar-refractivity contribution in [2.45, 2.75) is 20.0 Å². The third-order valence-corrected chi connectivity index (χ3v) is 4.47. The number of nitrogens with zero attached hydrogens (tertiary/aromatic N) is 2. The summed E-state index contributed by atoms with van der Waals surface area (Å²) in [5.74, 6) is -0.127. The number of carbonyl (C=O) groups excluding carboxylic acids is 2. The van der Waals surface area contributed by atoms with Crippen LogP contribution in [0.3, 0.4) is 0 Å². The normalized spacial score (nSPS) is 14.0. The van der Waals surface area contributed by atoms with Crippen LogP contribution in [-0.4, -0.2) is 41.4 Å². The van der Waals surface area contributed by atoms with E-state index in [1.165, 1.54) is 0 Å². The number of rotatable bonds is 6. The zero-order valence-corrected chi connectivity index (χ0v) is 14.4. The number of urea groups is 1. The van der Waals surface area contributed by atoms with Gasteiger partial charge in [0.05, 0.1) is 0 Å². The summed E-state index contributed by atoms with van der Waals surface area (Å²) in [6.07, 6.45) is 0. The Labute approximate surface area is 148 Å². The lowest BCUT2D eigenvalue weighted by atomic mass is 10.1. The van der Waals surface area contributed by atoms with Crippen molar-refractivity contribution in [2.24, 2.45) is 0 Å². The molecule has 0 bridgehead atoms. The largest absolute Gasteiger partial charge is 0.350 e. The summed E-state index contributed by atoms with van der Waals surface area (Å²) in [5.41, 5.74) is 3.34. The number of aryl methyl sites for hydroxylation is 1. The summed E-state index contributed by atoms with van der Waals surface area (Å²) in [5, 5.41) is 2.90. The third kappa shape index (κ3) is 4.38. The topological polar surface area (TPSA) is 52.7 Å². The monoisotopic (exact) mass is 337 g/mol. The molecule has 0 spiro atoms. The second kappa shape index (κ2) is 7.83. The fourth-order valence-corrected chi connectivity index (χ4v) is 2.96. The van der Waals surface area contributed by atoms with Gasteiger partial charge in [0.25, 0.3) is 0 Å². The molecule has 25 heavy (non-hydrogen) atoms. The van der Waals surface area contributed by atoms with E-state index in [0.29, 0.717) is 26.2 Å². The number of amides is 3. The second-order valence-electron chi connectivity index (χ2n) is 6.31. The third-order valence-electron chi connectivity index (χ3n) is 4.47. The smallest absolute Gasteiger partial charge is 0.320 e. The van der Waals surface area contributed by atoms with E-state index in [4.69, 9.17) is 0 Å². The van der Waals surface area contributed by atoms with Crippen LogP contribution in [0.4, 0.5) is 4.79 Å². The lowest BCUT2D eigenvalue weighted by molar-refractivity contribution is -0.121. The minimum atomic E-state index is -0.127. The fourth-order valence-electron chi connectivity index (χ4n) is 2.96. The SMILES string of the molecule is Cc1ccccc1CNC(=O)CN1CCN(Cc2ccccc2)C1=O. The molecule has 0 atom stereocenters. The molecule has 1 saturated heterocycles. The standard InChI is InChI=1S/C20H23N3O2/c1-16-7-5-6-10-18(16)13-21-19(24)15-23-12-11-22(20(23)25)14-17-8-3-2-4-9-17/h2-10H,11-15H2,1H3,(H,21,24). The molecule has 1 N–H and O–H groups in total. The zero-order chi connectivity index (χ0) is 17.6. The molecule has 0 unspecified atom stereocenters. The van der Waals surface area contributed by atoms with Crippen molar-refractivity contribution in [2.75, 3.05) is 19.6 Å². The van der Waals surface area contributed by atoms with Gasteiger partial charge in [0.15, 0.2) is 0 Å². The first-order chi connectivity index (χ1) is 12.1. The van der Waals surface area contributed by atoms with Gasteiger partial charge in [-0.15, -0.1) is 0 Å². The number of carbonyl (C=O) groups is 2. The van der Waals surface area contributed by atoms with Gasteiger partial charge in [-0.1, -0.05) is 54.6 Å². The van der Waals surface area contributed by atoms with Gasteiger partial charge >= 0.3 is 6.03 Å². The Balaban J connectivity index is 1.49. The Kier molecular flexibility index (Phi) is 5.33.